The van der Waals surface area contributed by atoms with Crippen LogP contribution in [0.1, 0.15) is 29.7 Å². The van der Waals surface area contributed by atoms with Gasteiger partial charge in [-0.3, -0.25) is 4.99 Å². The third-order valence-corrected chi connectivity index (χ3v) is 8.15. The van der Waals surface area contributed by atoms with E-state index in [0.29, 0.717) is 30.4 Å². The van der Waals surface area contributed by atoms with Crippen molar-refractivity contribution in [1.29, 1.82) is 0 Å². The van der Waals surface area contributed by atoms with Crippen LogP contribution >= 0.6 is 35.3 Å². The number of rotatable bonds is 7. The standard InChI is InChI=1S/C20H29N5O2S2.HI/c1-3-17-14-22-19(28-17)15-24-20(21-2)23-13-16-9-11-25(12-10-16)29(26,27)18-7-5-4-6-8-18;/h4-8,14,16H,3,9-13,15H2,1-2H3,(H2,21,23,24);1H. The second kappa shape index (κ2) is 12.0. The number of nitrogens with zero attached hydrogens (tertiary/aromatic N) is 3. The van der Waals surface area contributed by atoms with Crippen molar-refractivity contribution in [2.75, 3.05) is 26.7 Å². The predicted octanol–water partition coefficient (Wildman–Crippen LogP) is 3.09. The molecule has 2 aromatic rings. The zero-order valence-corrected chi connectivity index (χ0v) is 21.3. The van der Waals surface area contributed by atoms with Gasteiger partial charge < -0.3 is 10.6 Å². The van der Waals surface area contributed by atoms with Gasteiger partial charge in [-0.25, -0.2) is 13.4 Å². The molecule has 0 saturated carbocycles. The zero-order chi connectivity index (χ0) is 20.7. The number of aryl methyl sites for hydroxylation is 1. The molecular weight excluding hydrogens is 533 g/mol. The molecule has 0 spiro atoms. The summed E-state index contributed by atoms with van der Waals surface area (Å²) < 4.78 is 27.0. The highest BCUT2D eigenvalue weighted by Crippen LogP contribution is 2.23. The molecule has 3 rings (SSSR count). The molecule has 0 atom stereocenters. The lowest BCUT2D eigenvalue weighted by molar-refractivity contribution is 0.273. The van der Waals surface area contributed by atoms with Gasteiger partial charge in [0.25, 0.3) is 0 Å². The van der Waals surface area contributed by atoms with Crippen LogP contribution < -0.4 is 10.6 Å². The van der Waals surface area contributed by atoms with Gasteiger partial charge in [0.05, 0.1) is 11.4 Å². The van der Waals surface area contributed by atoms with Gasteiger partial charge in [0.1, 0.15) is 5.01 Å². The number of nitrogens with one attached hydrogen (secondary N) is 2. The number of aliphatic imine (C=N–C) groups is 1. The first-order valence-electron chi connectivity index (χ1n) is 9.96. The van der Waals surface area contributed by atoms with Crippen LogP contribution in [0.4, 0.5) is 0 Å². The van der Waals surface area contributed by atoms with Gasteiger partial charge in [-0.1, -0.05) is 25.1 Å². The topological polar surface area (TPSA) is 86.7 Å². The van der Waals surface area contributed by atoms with Crippen molar-refractivity contribution >= 4 is 51.3 Å². The number of piperidine rings is 1. The Balaban J connectivity index is 0.00000320. The Morgan fingerprint density at radius 1 is 1.23 bits per heavy atom. The van der Waals surface area contributed by atoms with E-state index in [1.165, 1.54) is 4.88 Å². The van der Waals surface area contributed by atoms with E-state index >= 15 is 0 Å². The van der Waals surface area contributed by atoms with E-state index in [1.54, 1.807) is 47.0 Å². The molecule has 0 aliphatic carbocycles. The number of guanidine groups is 1. The van der Waals surface area contributed by atoms with Crippen molar-refractivity contribution in [2.45, 2.75) is 37.6 Å². The summed E-state index contributed by atoms with van der Waals surface area (Å²) in [5, 5.41) is 7.71. The van der Waals surface area contributed by atoms with Crippen molar-refractivity contribution in [2.24, 2.45) is 10.9 Å². The third kappa shape index (κ3) is 6.63. The number of sulfonamides is 1. The number of aromatic nitrogens is 1. The Morgan fingerprint density at radius 3 is 2.53 bits per heavy atom. The molecule has 1 aliphatic heterocycles. The highest BCUT2D eigenvalue weighted by atomic mass is 127. The van der Waals surface area contributed by atoms with Gasteiger partial charge in [0.15, 0.2) is 5.96 Å². The second-order valence-electron chi connectivity index (χ2n) is 7.04. The molecule has 1 aliphatic rings. The smallest absolute Gasteiger partial charge is 0.243 e. The van der Waals surface area contributed by atoms with Gasteiger partial charge in [-0.15, -0.1) is 35.3 Å². The molecule has 0 bridgehead atoms. The second-order valence-corrected chi connectivity index (χ2v) is 10.2. The van der Waals surface area contributed by atoms with E-state index in [0.717, 1.165) is 36.8 Å². The van der Waals surface area contributed by atoms with E-state index in [9.17, 15) is 8.42 Å². The van der Waals surface area contributed by atoms with Gasteiger partial charge in [-0.2, -0.15) is 4.31 Å². The van der Waals surface area contributed by atoms with Crippen molar-refractivity contribution in [1.82, 2.24) is 19.9 Å². The van der Waals surface area contributed by atoms with Crippen LogP contribution in [0.2, 0.25) is 0 Å². The number of halogens is 1. The summed E-state index contributed by atoms with van der Waals surface area (Å²) in [6.45, 7) is 4.65. The Labute approximate surface area is 200 Å². The Hall–Kier alpha value is -1.24. The Morgan fingerprint density at radius 2 is 1.93 bits per heavy atom. The van der Waals surface area contributed by atoms with Crippen LogP contribution in [0.15, 0.2) is 46.4 Å². The summed E-state index contributed by atoms with van der Waals surface area (Å²) in [6.07, 6.45) is 4.60. The lowest BCUT2D eigenvalue weighted by Gasteiger charge is -2.31. The monoisotopic (exact) mass is 563 g/mol. The molecule has 7 nitrogen and oxygen atoms in total. The summed E-state index contributed by atoms with van der Waals surface area (Å²) in [5.74, 6) is 1.17. The summed E-state index contributed by atoms with van der Waals surface area (Å²) >= 11 is 1.71. The first-order valence-corrected chi connectivity index (χ1v) is 12.2. The minimum absolute atomic E-state index is 0. The van der Waals surface area contributed by atoms with Crippen molar-refractivity contribution in [3.8, 4) is 0 Å². The van der Waals surface area contributed by atoms with E-state index in [4.69, 9.17) is 0 Å². The largest absolute Gasteiger partial charge is 0.356 e. The average Bonchev–Trinajstić information content (AvgIpc) is 3.23. The fourth-order valence-corrected chi connectivity index (χ4v) is 5.60. The van der Waals surface area contributed by atoms with Crippen LogP contribution in [0, 0.1) is 5.92 Å². The number of hydrogen-bond acceptors (Lipinski definition) is 5. The predicted molar refractivity (Wildman–Crippen MR) is 133 cm³/mol. The minimum Gasteiger partial charge on any atom is -0.356 e. The Kier molecular flexibility index (Phi) is 9.98. The van der Waals surface area contributed by atoms with Gasteiger partial charge in [-0.05, 0) is 37.3 Å². The van der Waals surface area contributed by atoms with Gasteiger partial charge in [0, 0.05) is 37.8 Å². The number of benzene rings is 1. The van der Waals surface area contributed by atoms with Crippen LogP contribution in [0.5, 0.6) is 0 Å². The van der Waals surface area contributed by atoms with Crippen LogP contribution in [-0.2, 0) is 23.0 Å². The molecule has 2 N–H and O–H groups in total. The lowest BCUT2D eigenvalue weighted by Crippen LogP contribution is -2.44. The first kappa shape index (κ1) is 25.0. The normalized spacial score (nSPS) is 16.1. The summed E-state index contributed by atoms with van der Waals surface area (Å²) in [5.41, 5.74) is 0. The summed E-state index contributed by atoms with van der Waals surface area (Å²) in [7, 11) is -1.64. The molecule has 1 aromatic heterocycles. The molecule has 1 saturated heterocycles. The summed E-state index contributed by atoms with van der Waals surface area (Å²) in [4.78, 5) is 10.3. The highest BCUT2D eigenvalue weighted by Gasteiger charge is 2.29. The molecule has 0 unspecified atom stereocenters. The lowest BCUT2D eigenvalue weighted by atomic mass is 9.98. The molecule has 0 amide bonds. The maximum Gasteiger partial charge on any atom is 0.243 e. The van der Waals surface area contributed by atoms with E-state index in [1.807, 2.05) is 12.3 Å². The minimum atomic E-state index is -3.39. The van der Waals surface area contributed by atoms with Crippen molar-refractivity contribution in [3.63, 3.8) is 0 Å². The quantitative estimate of drug-likeness (QED) is 0.307. The maximum atomic E-state index is 12.7. The fourth-order valence-electron chi connectivity index (χ4n) is 3.31. The van der Waals surface area contributed by atoms with Gasteiger partial charge >= 0.3 is 0 Å². The molecule has 1 aromatic carbocycles. The molecule has 2 heterocycles. The van der Waals surface area contributed by atoms with Crippen LogP contribution in [0.25, 0.3) is 0 Å². The maximum absolute atomic E-state index is 12.7. The van der Waals surface area contributed by atoms with E-state index < -0.39 is 10.0 Å². The molecule has 10 heteroatoms. The first-order chi connectivity index (χ1) is 14.0. The molecule has 30 heavy (non-hydrogen) atoms. The SMILES string of the molecule is CCc1cnc(CNC(=NC)NCC2CCN(S(=O)(=O)c3ccccc3)CC2)s1.I. The molecular formula is C20H30IN5O2S2. The van der Waals surface area contributed by atoms with Crippen molar-refractivity contribution < 1.29 is 8.42 Å². The number of hydrogen-bond donors (Lipinski definition) is 2. The molecule has 1 fully saturated rings. The molecule has 166 valence electrons. The Bertz CT molecular complexity index is 910. The van der Waals surface area contributed by atoms with Crippen molar-refractivity contribution in [3.05, 3.63) is 46.4 Å². The van der Waals surface area contributed by atoms with Crippen LogP contribution in [-0.4, -0.2) is 50.3 Å². The van der Waals surface area contributed by atoms with E-state index in [-0.39, 0.29) is 24.0 Å². The average molecular weight is 564 g/mol. The highest BCUT2D eigenvalue weighted by molar-refractivity contribution is 14.0. The van der Waals surface area contributed by atoms with Crippen LogP contribution in [0.3, 0.4) is 0 Å². The number of thiazole rings is 1. The molecule has 0 radical (unpaired) electrons. The fraction of sp³-hybridized carbons (Fsp3) is 0.500. The third-order valence-electron chi connectivity index (χ3n) is 5.09. The summed E-state index contributed by atoms with van der Waals surface area (Å²) in [6, 6.07) is 8.66. The zero-order valence-electron chi connectivity index (χ0n) is 17.4. The van der Waals surface area contributed by atoms with Gasteiger partial charge in [0.2, 0.25) is 10.0 Å². The van der Waals surface area contributed by atoms with E-state index in [2.05, 4.69) is 27.5 Å².